The molecule has 8 aromatic heterocycles. The number of nitriles is 2. The summed E-state index contributed by atoms with van der Waals surface area (Å²) < 4.78 is 191. The maximum absolute atomic E-state index is 11.1. The van der Waals surface area contributed by atoms with Crippen LogP contribution in [-0.2, 0) is 0 Å². The molecule has 0 atom stereocenters. The second kappa shape index (κ2) is 27.0. The van der Waals surface area contributed by atoms with Crippen molar-refractivity contribution in [1.82, 2.24) is 48.2 Å². The Labute approximate surface area is 700 Å². The lowest BCUT2D eigenvalue weighted by Crippen LogP contribution is -2.02. The van der Waals surface area contributed by atoms with Gasteiger partial charge in [0, 0.05) is 98.0 Å². The average Bonchev–Trinajstić information content (AvgIpc) is 1.54. The van der Waals surface area contributed by atoms with Gasteiger partial charge in [0.15, 0.2) is 46.1 Å². The molecule has 0 aliphatic rings. The lowest BCUT2D eigenvalue weighted by atomic mass is 10.1. The number of furan rings is 2. The molecule has 8 heterocycles. The summed E-state index contributed by atoms with van der Waals surface area (Å²) in [4.78, 5) is 27.2. The summed E-state index contributed by atoms with van der Waals surface area (Å²) in [6, 6.07) is 70.9. The molecule has 548 valence electrons. The van der Waals surface area contributed by atoms with Crippen molar-refractivity contribution in [2.75, 3.05) is 0 Å². The van der Waals surface area contributed by atoms with Crippen molar-refractivity contribution in [2.45, 2.75) is 0 Å². The van der Waals surface area contributed by atoms with E-state index < -0.39 is 144 Å². The molecule has 24 rings (SSSR count). The first-order valence-corrected chi connectivity index (χ1v) is 37.4. The number of para-hydroxylation sites is 8. The minimum atomic E-state index is -0.650. The van der Waals surface area contributed by atoms with Crippen LogP contribution in [0.25, 0.3) is 222 Å². The van der Waals surface area contributed by atoms with Gasteiger partial charge in [0.05, 0.1) is 105 Å². The zero-order valence-electron chi connectivity index (χ0n) is 81.3. The molecule has 0 radical (unpaired) electrons. The Morgan fingerprint density at radius 1 is 0.246 bits per heavy atom. The van der Waals surface area contributed by atoms with Crippen LogP contribution in [0.15, 0.2) is 372 Å². The molecular weight excluding hydrogens is 1450 g/mol. The molecule has 24 aromatic rings. The van der Waals surface area contributed by atoms with Crippen molar-refractivity contribution in [3.63, 3.8) is 0 Å². The van der Waals surface area contributed by atoms with E-state index in [1.807, 2.05) is 121 Å². The van der Waals surface area contributed by atoms with Gasteiger partial charge in [-0.2, -0.15) is 10.5 Å². The van der Waals surface area contributed by atoms with Gasteiger partial charge < -0.3 is 27.1 Å². The van der Waals surface area contributed by atoms with Crippen molar-refractivity contribution in [2.24, 2.45) is 0 Å². The fourth-order valence-corrected chi connectivity index (χ4v) is 16.7. The van der Waals surface area contributed by atoms with Crippen LogP contribution in [0.4, 0.5) is 0 Å². The van der Waals surface area contributed by atoms with E-state index in [9.17, 15) is 10.5 Å². The largest absolute Gasteiger partial charge is 0.454 e. The van der Waals surface area contributed by atoms with Gasteiger partial charge in [-0.25, -0.2) is 29.9 Å². The monoisotopic (exact) mass is 1530 g/mol. The molecule has 14 heteroatoms. The number of hydrogen-bond acceptors (Lipinski definition) is 10. The van der Waals surface area contributed by atoms with E-state index >= 15 is 0 Å². The molecule has 0 aliphatic heterocycles. The molecule has 0 spiro atoms. The second-order valence-corrected chi connectivity index (χ2v) is 27.9. The Bertz CT molecular complexity index is 8870. The molecule has 16 aromatic carbocycles. The normalized spacial score (nSPS) is 14.1. The fraction of sp³-hybridized carbons (Fsp3) is 0. The highest BCUT2D eigenvalue weighted by Gasteiger charge is 2.28. The Hall–Kier alpha value is -16.7. The Morgan fingerprint density at radius 3 is 0.907 bits per heavy atom. The Balaban J connectivity index is 0.000000155. The molecule has 118 heavy (non-hydrogen) atoms. The van der Waals surface area contributed by atoms with Crippen LogP contribution in [0, 0.1) is 22.7 Å². The van der Waals surface area contributed by atoms with Gasteiger partial charge in [0.2, 0.25) is 0 Å². The third kappa shape index (κ3) is 10.6. The Morgan fingerprint density at radius 2 is 0.551 bits per heavy atom. The van der Waals surface area contributed by atoms with Gasteiger partial charge in [-0.05, 0) is 97.1 Å². The quantitative estimate of drug-likeness (QED) is 0.128. The van der Waals surface area contributed by atoms with E-state index in [4.69, 9.17) is 36.2 Å². The van der Waals surface area contributed by atoms with Crippen molar-refractivity contribution < 1.29 is 36.2 Å². The first-order valence-electron chi connectivity index (χ1n) is 47.4. The molecular formula is C104H60N12O2. The van der Waals surface area contributed by atoms with Gasteiger partial charge in [-0.15, -0.1) is 0 Å². The van der Waals surface area contributed by atoms with E-state index in [0.29, 0.717) is 11.4 Å². The minimum absolute atomic E-state index is 0.149. The molecule has 14 nitrogen and oxygen atoms in total. The number of benzene rings is 16. The van der Waals surface area contributed by atoms with Crippen LogP contribution >= 0.6 is 0 Å². The number of rotatable bonds is 10. The van der Waals surface area contributed by atoms with Gasteiger partial charge >= 0.3 is 0 Å². The van der Waals surface area contributed by atoms with Crippen LogP contribution < -0.4 is 0 Å². The summed E-state index contributed by atoms with van der Waals surface area (Å²) in [6.07, 6.45) is 0. The molecule has 0 N–H and O–H groups in total. The zero-order valence-corrected chi connectivity index (χ0v) is 61.3. The summed E-state index contributed by atoms with van der Waals surface area (Å²) in [7, 11) is 0. The van der Waals surface area contributed by atoms with E-state index in [1.165, 1.54) is 0 Å². The Kier molecular flexibility index (Phi) is 11.4. The maximum atomic E-state index is 11.1. The van der Waals surface area contributed by atoms with Crippen molar-refractivity contribution in [3.8, 4) is 103 Å². The summed E-state index contributed by atoms with van der Waals surface area (Å²) >= 11 is 0. The van der Waals surface area contributed by atoms with Crippen LogP contribution in [0.5, 0.6) is 0 Å². The van der Waals surface area contributed by atoms with Crippen LogP contribution in [0.1, 0.15) is 38.5 Å². The number of hydrogen-bond donors (Lipinski definition) is 0. The standard InChI is InChI=1S/2C52H30N6O/c2*53-31-35-30-34(52-55-50(32-14-3-1-4-15-32)54-51(56-52)33-16-5-2-6-17-33)26-28-41(35)58-42-22-10-7-18-36(42)38-27-29-44-47(48(38)58)40-20-8-11-23-43(40)57(44)45-24-13-21-39-37-19-9-12-25-46(37)59-49(39)45/h2*1-30H/i2*1D,2D,3D,4D,5D,6D,14D,15D,16D,17D. The summed E-state index contributed by atoms with van der Waals surface area (Å²) in [5, 5.41) is 33.7. The van der Waals surface area contributed by atoms with Crippen molar-refractivity contribution >= 4 is 131 Å². The van der Waals surface area contributed by atoms with Crippen LogP contribution in [0.2, 0.25) is 0 Å². The van der Waals surface area contributed by atoms with Gasteiger partial charge in [-0.3, -0.25) is 0 Å². The zero-order chi connectivity index (χ0) is 95.5. The second-order valence-electron chi connectivity index (χ2n) is 27.9. The number of fused-ring (bicyclic) bond motifs is 20. The summed E-state index contributed by atoms with van der Waals surface area (Å²) in [5.41, 5.74) is 12.1. The highest BCUT2D eigenvalue weighted by Crippen LogP contribution is 2.48. The topological polar surface area (TPSA) is 171 Å². The van der Waals surface area contributed by atoms with Crippen LogP contribution in [0.3, 0.4) is 0 Å². The summed E-state index contributed by atoms with van der Waals surface area (Å²) in [6.45, 7) is 0. The smallest absolute Gasteiger partial charge is 0.164 e. The number of nitrogens with zero attached hydrogens (tertiary/aromatic N) is 12. The lowest BCUT2D eigenvalue weighted by Gasteiger charge is -2.13. The highest BCUT2D eigenvalue weighted by atomic mass is 16.3. The predicted molar refractivity (Wildman–Crippen MR) is 474 cm³/mol. The lowest BCUT2D eigenvalue weighted by molar-refractivity contribution is 0.666. The van der Waals surface area contributed by atoms with E-state index in [2.05, 4.69) is 145 Å². The van der Waals surface area contributed by atoms with Gasteiger partial charge in [-0.1, -0.05) is 266 Å². The summed E-state index contributed by atoms with van der Waals surface area (Å²) in [5.74, 6) is -1.91. The molecule has 0 aliphatic carbocycles. The fourth-order valence-electron chi connectivity index (χ4n) is 16.7. The van der Waals surface area contributed by atoms with Crippen LogP contribution in [-0.4, -0.2) is 48.2 Å². The maximum Gasteiger partial charge on any atom is 0.164 e. The van der Waals surface area contributed by atoms with E-state index in [1.54, 1.807) is 36.4 Å². The van der Waals surface area contributed by atoms with Crippen molar-refractivity contribution in [1.29, 1.82) is 10.5 Å². The minimum Gasteiger partial charge on any atom is -0.454 e. The first kappa shape index (κ1) is 49.6. The van der Waals surface area contributed by atoms with E-state index in [0.717, 1.165) is 142 Å². The average molecular weight is 1530 g/mol. The highest BCUT2D eigenvalue weighted by molar-refractivity contribution is 6.28. The number of aromatic nitrogens is 10. The third-order valence-electron chi connectivity index (χ3n) is 21.6. The molecule has 0 unspecified atom stereocenters. The van der Waals surface area contributed by atoms with Crippen molar-refractivity contribution in [3.05, 3.63) is 375 Å². The van der Waals surface area contributed by atoms with E-state index in [-0.39, 0.29) is 56.2 Å². The molecule has 0 saturated carbocycles. The SMILES string of the molecule is [2H]c1c([2H])c([2H])c(-c2nc(-c3ccc(-n4c5ccccc5c5ccc6c(c7ccccc7n6-c6cccc7c6oc6ccccc67)c54)c(C#N)c3)nc(-c3c([2H])c([2H])c([2H])c([2H])c3[2H])n2)c([2H])c1[2H].[2H]c1c([2H])c([2H])c(-c2nc(-c3ccc(-n4c5ccccc5c5ccc6c(c7ccccc7n6-c6cccc7c6oc6ccccc67)c54)c(C#N)c3)nc(-c3c([2H])c([2H])c([2H])c([2H])c3[2H])n2)c([2H])c1[2H]. The van der Waals surface area contributed by atoms with Gasteiger partial charge in [0.25, 0.3) is 0 Å². The molecule has 0 saturated heterocycles. The molecule has 0 amide bonds. The first-order chi connectivity index (χ1) is 66.7. The molecule has 0 fully saturated rings. The molecule has 0 bridgehead atoms. The predicted octanol–water partition coefficient (Wildman–Crippen LogP) is 25.7. The third-order valence-corrected chi connectivity index (χ3v) is 21.6. The van der Waals surface area contributed by atoms with Gasteiger partial charge in [0.1, 0.15) is 23.3 Å².